The number of nitrogens with zero attached hydrogens (tertiary/aromatic N) is 1. The minimum absolute atomic E-state index is 0.711. The Hall–Kier alpha value is -2.72. The average Bonchev–Trinajstić information content (AvgIpc) is 2.90. The van der Waals surface area contributed by atoms with Crippen LogP contribution in [0.1, 0.15) is 80.5 Å². The Morgan fingerprint density at radius 1 is 0.583 bits per heavy atom. The van der Waals surface area contributed by atoms with Crippen LogP contribution in [0.3, 0.4) is 0 Å². The molecule has 4 nitrogen and oxygen atoms in total. The van der Waals surface area contributed by atoms with Crippen molar-refractivity contribution in [2.24, 2.45) is 0 Å². The third-order valence-corrected chi connectivity index (χ3v) is 6.99. The van der Waals surface area contributed by atoms with Crippen LogP contribution in [0.5, 0.6) is 0 Å². The summed E-state index contributed by atoms with van der Waals surface area (Å²) < 4.78 is 1.29. The molecule has 6 N–H and O–H groups in total. The van der Waals surface area contributed by atoms with Crippen molar-refractivity contribution in [1.29, 1.82) is 5.26 Å². The van der Waals surface area contributed by atoms with E-state index >= 15 is 0 Å². The van der Waals surface area contributed by atoms with Crippen molar-refractivity contribution in [3.05, 3.63) is 85.0 Å². The van der Waals surface area contributed by atoms with E-state index in [2.05, 4.69) is 86.7 Å². The van der Waals surface area contributed by atoms with Gasteiger partial charge in [0.25, 0.3) is 0 Å². The second-order valence-electron chi connectivity index (χ2n) is 8.57. The second kappa shape index (κ2) is 16.1. The third kappa shape index (κ3) is 8.74. The fourth-order valence-electron chi connectivity index (χ4n) is 4.03. The molecule has 0 spiro atoms. The van der Waals surface area contributed by atoms with Gasteiger partial charge in [-0.1, -0.05) is 59.7 Å². The summed E-state index contributed by atoms with van der Waals surface area (Å²) in [7, 11) is 0. The largest absolute Gasteiger partial charge is 0.398 e. The minimum atomic E-state index is 0.711. The van der Waals surface area contributed by atoms with Gasteiger partial charge in [0.1, 0.15) is 0 Å². The van der Waals surface area contributed by atoms with Crippen LogP contribution in [-0.4, -0.2) is 0 Å². The predicted octanol–water partition coefficient (Wildman–Crippen LogP) is 7.66. The predicted molar refractivity (Wildman–Crippen MR) is 166 cm³/mol. The lowest BCUT2D eigenvalue weighted by Gasteiger charge is -2.08. The first-order valence-corrected chi connectivity index (χ1v) is 14.0. The molecule has 0 radical (unpaired) electrons. The molecule has 0 fully saturated rings. The Morgan fingerprint density at radius 2 is 0.889 bits per heavy atom. The zero-order valence-corrected chi connectivity index (χ0v) is 25.0. The van der Waals surface area contributed by atoms with Crippen molar-refractivity contribution in [1.82, 2.24) is 0 Å². The SMILES string of the molecule is CCc1cc(C#N)cc(CC)c1N.CCc1cc(I)cc(CC)c1N.CCc1cccc(CC)c1N. The molecule has 0 saturated heterocycles. The molecule has 0 amide bonds. The van der Waals surface area contributed by atoms with Crippen molar-refractivity contribution in [2.45, 2.75) is 80.1 Å². The molecule has 0 bridgehead atoms. The Balaban J connectivity index is 0.000000271. The number of nitrogens with two attached hydrogens (primary N) is 3. The first kappa shape index (κ1) is 31.3. The van der Waals surface area contributed by atoms with Crippen LogP contribution in [0.4, 0.5) is 17.1 Å². The maximum Gasteiger partial charge on any atom is 0.0991 e. The van der Waals surface area contributed by atoms with E-state index in [0.717, 1.165) is 66.7 Å². The van der Waals surface area contributed by atoms with E-state index in [-0.39, 0.29) is 0 Å². The van der Waals surface area contributed by atoms with Gasteiger partial charge in [-0.3, -0.25) is 0 Å². The minimum Gasteiger partial charge on any atom is -0.398 e. The standard InChI is InChI=1S/C11H14N2.C10H14IN.C10H15N/c1-3-9-5-8(7-12)6-10(4-2)11(9)13;1-3-7-5-9(11)6-8(4-2)10(7)12;1-3-8-6-5-7-9(4-2)10(8)11/h5-6H,3-4,13H2,1-2H3;5-6H,3-4,12H2,1-2H3;5-7H,3-4,11H2,1-2H3. The van der Waals surface area contributed by atoms with Gasteiger partial charge in [-0.2, -0.15) is 5.26 Å². The molecule has 0 heterocycles. The van der Waals surface area contributed by atoms with Crippen molar-refractivity contribution in [2.75, 3.05) is 17.2 Å². The number of rotatable bonds is 6. The van der Waals surface area contributed by atoms with Gasteiger partial charge in [0, 0.05) is 20.6 Å². The second-order valence-corrected chi connectivity index (χ2v) is 9.81. The summed E-state index contributed by atoms with van der Waals surface area (Å²) >= 11 is 2.34. The number of aryl methyl sites for hydroxylation is 6. The molecule has 0 saturated carbocycles. The highest BCUT2D eigenvalue weighted by atomic mass is 127. The van der Waals surface area contributed by atoms with Crippen LogP contribution in [0.2, 0.25) is 0 Å². The Labute approximate surface area is 232 Å². The zero-order valence-electron chi connectivity index (χ0n) is 22.8. The lowest BCUT2D eigenvalue weighted by atomic mass is 10.0. The van der Waals surface area contributed by atoms with Gasteiger partial charge in [0.2, 0.25) is 0 Å². The number of anilines is 3. The van der Waals surface area contributed by atoms with E-state index in [4.69, 9.17) is 22.5 Å². The van der Waals surface area contributed by atoms with E-state index in [1.807, 2.05) is 26.0 Å². The van der Waals surface area contributed by atoms with Gasteiger partial charge in [0.15, 0.2) is 0 Å². The molecular formula is C31H43IN4. The topological polar surface area (TPSA) is 102 Å². The first-order valence-electron chi connectivity index (χ1n) is 12.9. The summed E-state index contributed by atoms with van der Waals surface area (Å²) in [6, 6.07) is 16.5. The van der Waals surface area contributed by atoms with Crippen LogP contribution < -0.4 is 17.2 Å². The number of benzene rings is 3. The summed E-state index contributed by atoms with van der Waals surface area (Å²) in [6.45, 7) is 12.6. The Bertz CT molecular complexity index is 1090. The maximum atomic E-state index is 8.78. The van der Waals surface area contributed by atoms with Crippen molar-refractivity contribution < 1.29 is 0 Å². The zero-order chi connectivity index (χ0) is 27.3. The molecule has 0 aliphatic rings. The summed E-state index contributed by atoms with van der Waals surface area (Å²) in [6.07, 6.45) is 5.87. The number of halogens is 1. The summed E-state index contributed by atoms with van der Waals surface area (Å²) in [4.78, 5) is 0. The summed E-state index contributed by atoms with van der Waals surface area (Å²) in [5.74, 6) is 0. The molecule has 194 valence electrons. The molecule has 36 heavy (non-hydrogen) atoms. The number of hydrogen-bond acceptors (Lipinski definition) is 4. The fraction of sp³-hybridized carbons (Fsp3) is 0.387. The first-order chi connectivity index (χ1) is 17.2. The molecule has 3 aromatic rings. The third-order valence-electron chi connectivity index (χ3n) is 6.37. The molecule has 0 aliphatic carbocycles. The van der Waals surface area contributed by atoms with Gasteiger partial charge in [0.05, 0.1) is 11.6 Å². The highest BCUT2D eigenvalue weighted by Gasteiger charge is 2.05. The van der Waals surface area contributed by atoms with Crippen LogP contribution in [-0.2, 0) is 38.5 Å². The van der Waals surface area contributed by atoms with Crippen molar-refractivity contribution >= 4 is 39.7 Å². The number of nitrogen functional groups attached to an aromatic ring is 3. The number of para-hydroxylation sites is 1. The van der Waals surface area contributed by atoms with E-state index in [9.17, 15) is 0 Å². The average molecular weight is 599 g/mol. The van der Waals surface area contributed by atoms with Crippen LogP contribution in [0.25, 0.3) is 0 Å². The fourth-order valence-corrected chi connectivity index (χ4v) is 4.78. The molecule has 0 aromatic heterocycles. The lowest BCUT2D eigenvalue weighted by molar-refractivity contribution is 1.09. The quantitative estimate of drug-likeness (QED) is 0.200. The van der Waals surface area contributed by atoms with Crippen LogP contribution in [0, 0.1) is 14.9 Å². The van der Waals surface area contributed by atoms with Crippen LogP contribution in [0.15, 0.2) is 42.5 Å². The normalized spacial score (nSPS) is 9.94. The smallest absolute Gasteiger partial charge is 0.0991 e. The van der Waals surface area contributed by atoms with Gasteiger partial charge in [-0.25, -0.2) is 0 Å². The monoisotopic (exact) mass is 598 g/mol. The number of nitriles is 1. The van der Waals surface area contributed by atoms with Crippen LogP contribution >= 0.6 is 22.6 Å². The molecule has 0 aliphatic heterocycles. The molecule has 3 aromatic carbocycles. The molecule has 0 atom stereocenters. The van der Waals surface area contributed by atoms with Gasteiger partial charge in [-0.15, -0.1) is 0 Å². The highest BCUT2D eigenvalue weighted by molar-refractivity contribution is 14.1. The van der Waals surface area contributed by atoms with Gasteiger partial charge in [-0.05, 0) is 119 Å². The summed E-state index contributed by atoms with van der Waals surface area (Å²) in [5, 5.41) is 8.78. The van der Waals surface area contributed by atoms with E-state index < -0.39 is 0 Å². The van der Waals surface area contributed by atoms with Crippen molar-refractivity contribution in [3.8, 4) is 6.07 Å². The molecular weight excluding hydrogens is 555 g/mol. The van der Waals surface area contributed by atoms with Crippen molar-refractivity contribution in [3.63, 3.8) is 0 Å². The van der Waals surface area contributed by atoms with E-state index in [0.29, 0.717) is 5.56 Å². The molecule has 5 heteroatoms. The van der Waals surface area contributed by atoms with E-state index in [1.54, 1.807) is 0 Å². The lowest BCUT2D eigenvalue weighted by Crippen LogP contribution is -1.99. The van der Waals surface area contributed by atoms with E-state index in [1.165, 1.54) is 25.8 Å². The van der Waals surface area contributed by atoms with Gasteiger partial charge < -0.3 is 17.2 Å². The maximum absolute atomic E-state index is 8.78. The molecule has 3 rings (SSSR count). The van der Waals surface area contributed by atoms with Gasteiger partial charge >= 0.3 is 0 Å². The summed E-state index contributed by atoms with van der Waals surface area (Å²) in [5.41, 5.74) is 28.6. The molecule has 0 unspecified atom stereocenters. The Kier molecular flexibility index (Phi) is 14.0. The highest BCUT2D eigenvalue weighted by Crippen LogP contribution is 2.23. The number of hydrogen-bond donors (Lipinski definition) is 3. The Morgan fingerprint density at radius 3 is 1.19 bits per heavy atom.